The van der Waals surface area contributed by atoms with Crippen LogP contribution in [0.1, 0.15) is 53.4 Å². The zero-order valence-corrected chi connectivity index (χ0v) is 12.0. The third kappa shape index (κ3) is 4.57. The molecule has 1 heterocycles. The number of nitrogens with one attached hydrogen (secondary N) is 1. The Labute approximate surface area is 106 Å². The molecule has 0 aromatic heterocycles. The third-order valence-electron chi connectivity index (χ3n) is 4.27. The first-order valence-electron chi connectivity index (χ1n) is 6.96. The van der Waals surface area contributed by atoms with Gasteiger partial charge in [0.25, 0.3) is 0 Å². The Balaban J connectivity index is 2.20. The van der Waals surface area contributed by atoms with Crippen molar-refractivity contribution in [3.8, 4) is 0 Å². The van der Waals surface area contributed by atoms with E-state index >= 15 is 0 Å². The summed E-state index contributed by atoms with van der Waals surface area (Å²) in [5.74, 6) is 0. The summed E-state index contributed by atoms with van der Waals surface area (Å²) in [5, 5.41) is 3.67. The van der Waals surface area contributed by atoms with Crippen LogP contribution in [0.5, 0.6) is 0 Å². The van der Waals surface area contributed by atoms with Gasteiger partial charge in [-0.05, 0) is 58.0 Å². The summed E-state index contributed by atoms with van der Waals surface area (Å²) in [4.78, 5) is 0. The van der Waals surface area contributed by atoms with Crippen molar-refractivity contribution in [1.29, 1.82) is 0 Å². The predicted octanol–water partition coefficient (Wildman–Crippen LogP) is 2.30. The summed E-state index contributed by atoms with van der Waals surface area (Å²) in [7, 11) is 0. The monoisotopic (exact) mass is 242 g/mol. The molecule has 3 heteroatoms. The van der Waals surface area contributed by atoms with Crippen LogP contribution in [-0.2, 0) is 4.74 Å². The molecule has 0 aromatic rings. The number of rotatable bonds is 7. The lowest BCUT2D eigenvalue weighted by molar-refractivity contribution is 0.0883. The van der Waals surface area contributed by atoms with Gasteiger partial charge >= 0.3 is 0 Å². The first-order valence-corrected chi connectivity index (χ1v) is 6.96. The Morgan fingerprint density at radius 1 is 1.41 bits per heavy atom. The van der Waals surface area contributed by atoms with Crippen molar-refractivity contribution < 1.29 is 4.74 Å². The smallest absolute Gasteiger partial charge is 0.0726 e. The van der Waals surface area contributed by atoms with E-state index in [1.807, 2.05) is 0 Å². The molecule has 1 saturated heterocycles. The van der Waals surface area contributed by atoms with Gasteiger partial charge in [-0.1, -0.05) is 13.8 Å². The van der Waals surface area contributed by atoms with Gasteiger partial charge in [-0.15, -0.1) is 0 Å². The summed E-state index contributed by atoms with van der Waals surface area (Å²) < 4.78 is 5.63. The highest BCUT2D eigenvalue weighted by molar-refractivity contribution is 4.93. The molecule has 0 saturated carbocycles. The molecule has 1 aliphatic rings. The van der Waals surface area contributed by atoms with Gasteiger partial charge in [-0.3, -0.25) is 0 Å². The first kappa shape index (κ1) is 14.9. The van der Waals surface area contributed by atoms with Crippen LogP contribution < -0.4 is 11.1 Å². The molecule has 17 heavy (non-hydrogen) atoms. The molecule has 0 amide bonds. The Bertz CT molecular complexity index is 230. The minimum atomic E-state index is 0.179. The van der Waals surface area contributed by atoms with E-state index < -0.39 is 0 Å². The summed E-state index contributed by atoms with van der Waals surface area (Å²) in [6.45, 7) is 11.8. The van der Waals surface area contributed by atoms with E-state index in [0.29, 0.717) is 11.5 Å². The molecule has 1 aliphatic heterocycles. The minimum absolute atomic E-state index is 0.179. The molecule has 3 nitrogen and oxygen atoms in total. The topological polar surface area (TPSA) is 47.3 Å². The number of nitrogens with two attached hydrogens (primary N) is 1. The Hall–Kier alpha value is -0.120. The third-order valence-corrected chi connectivity index (χ3v) is 4.27. The zero-order chi connectivity index (χ0) is 12.9. The SMILES string of the molecule is CC1OCCC1(C)NCCCC(C)(C)CCN. The second-order valence-corrected chi connectivity index (χ2v) is 6.41. The van der Waals surface area contributed by atoms with Gasteiger partial charge in [0.15, 0.2) is 0 Å². The largest absolute Gasteiger partial charge is 0.377 e. The molecule has 102 valence electrons. The normalized spacial score (nSPS) is 29.8. The average Bonchev–Trinajstić information content (AvgIpc) is 2.55. The molecule has 1 fully saturated rings. The summed E-state index contributed by atoms with van der Waals surface area (Å²) in [6.07, 6.45) is 5.03. The molecule has 0 spiro atoms. The second kappa shape index (κ2) is 6.17. The second-order valence-electron chi connectivity index (χ2n) is 6.41. The highest BCUT2D eigenvalue weighted by Gasteiger charge is 2.36. The fourth-order valence-electron chi connectivity index (χ4n) is 2.52. The van der Waals surface area contributed by atoms with Crippen molar-refractivity contribution in [1.82, 2.24) is 5.32 Å². The fourth-order valence-corrected chi connectivity index (χ4v) is 2.52. The molecule has 0 aromatic carbocycles. The summed E-state index contributed by atoms with van der Waals surface area (Å²) >= 11 is 0. The van der Waals surface area contributed by atoms with E-state index in [1.165, 1.54) is 12.8 Å². The quantitative estimate of drug-likeness (QED) is 0.673. The lowest BCUT2D eigenvalue weighted by Gasteiger charge is -2.30. The maximum atomic E-state index is 5.63. The number of hydrogen-bond acceptors (Lipinski definition) is 3. The predicted molar refractivity (Wildman–Crippen MR) is 73.1 cm³/mol. The van der Waals surface area contributed by atoms with E-state index in [2.05, 4.69) is 33.0 Å². The van der Waals surface area contributed by atoms with Crippen molar-refractivity contribution in [2.75, 3.05) is 19.7 Å². The first-order chi connectivity index (χ1) is 7.90. The van der Waals surface area contributed by atoms with Gasteiger partial charge in [0.1, 0.15) is 0 Å². The van der Waals surface area contributed by atoms with Gasteiger partial charge in [0.2, 0.25) is 0 Å². The van der Waals surface area contributed by atoms with E-state index in [0.717, 1.165) is 32.5 Å². The molecule has 0 aliphatic carbocycles. The molecule has 2 unspecified atom stereocenters. The van der Waals surface area contributed by atoms with Crippen LogP contribution in [-0.4, -0.2) is 31.3 Å². The van der Waals surface area contributed by atoms with Crippen LogP contribution in [0.25, 0.3) is 0 Å². The van der Waals surface area contributed by atoms with Crippen molar-refractivity contribution >= 4 is 0 Å². The number of hydrogen-bond donors (Lipinski definition) is 2. The summed E-state index contributed by atoms with van der Waals surface area (Å²) in [5.41, 5.74) is 6.19. The van der Waals surface area contributed by atoms with Gasteiger partial charge in [0.05, 0.1) is 6.10 Å². The minimum Gasteiger partial charge on any atom is -0.377 e. The van der Waals surface area contributed by atoms with Crippen LogP contribution in [0, 0.1) is 5.41 Å². The zero-order valence-electron chi connectivity index (χ0n) is 12.0. The van der Waals surface area contributed by atoms with Gasteiger partial charge in [-0.2, -0.15) is 0 Å². The Kier molecular flexibility index (Phi) is 5.42. The van der Waals surface area contributed by atoms with Crippen molar-refractivity contribution in [3.63, 3.8) is 0 Å². The van der Waals surface area contributed by atoms with Gasteiger partial charge in [-0.25, -0.2) is 0 Å². The fraction of sp³-hybridized carbons (Fsp3) is 1.00. The van der Waals surface area contributed by atoms with E-state index in [-0.39, 0.29) is 5.54 Å². The molecule has 1 rings (SSSR count). The van der Waals surface area contributed by atoms with E-state index in [1.54, 1.807) is 0 Å². The highest BCUT2D eigenvalue weighted by atomic mass is 16.5. The maximum absolute atomic E-state index is 5.63. The van der Waals surface area contributed by atoms with Crippen molar-refractivity contribution in [2.24, 2.45) is 11.1 Å². The molecular weight excluding hydrogens is 212 g/mol. The van der Waals surface area contributed by atoms with Crippen LogP contribution in [0.3, 0.4) is 0 Å². The standard InChI is InChI=1S/C14H30N2O/c1-12-14(4,8-11-17-12)16-10-5-6-13(2,3)7-9-15/h12,16H,5-11,15H2,1-4H3. The molecule has 0 radical (unpaired) electrons. The van der Waals surface area contributed by atoms with Crippen molar-refractivity contribution in [3.05, 3.63) is 0 Å². The summed E-state index contributed by atoms with van der Waals surface area (Å²) in [6, 6.07) is 0. The maximum Gasteiger partial charge on any atom is 0.0726 e. The lowest BCUT2D eigenvalue weighted by Crippen LogP contribution is -2.48. The Morgan fingerprint density at radius 2 is 2.12 bits per heavy atom. The van der Waals surface area contributed by atoms with Crippen LogP contribution in [0.4, 0.5) is 0 Å². The molecular formula is C14H30N2O. The highest BCUT2D eigenvalue weighted by Crippen LogP contribution is 2.27. The van der Waals surface area contributed by atoms with E-state index in [4.69, 9.17) is 10.5 Å². The average molecular weight is 242 g/mol. The van der Waals surface area contributed by atoms with Gasteiger partial charge < -0.3 is 15.8 Å². The lowest BCUT2D eigenvalue weighted by atomic mass is 9.84. The van der Waals surface area contributed by atoms with Crippen LogP contribution >= 0.6 is 0 Å². The van der Waals surface area contributed by atoms with Crippen molar-refractivity contribution in [2.45, 2.75) is 65.0 Å². The molecule has 0 bridgehead atoms. The molecule has 2 atom stereocenters. The van der Waals surface area contributed by atoms with Gasteiger partial charge in [0, 0.05) is 12.1 Å². The number of ether oxygens (including phenoxy) is 1. The Morgan fingerprint density at radius 3 is 2.65 bits per heavy atom. The van der Waals surface area contributed by atoms with Crippen LogP contribution in [0.2, 0.25) is 0 Å². The van der Waals surface area contributed by atoms with E-state index in [9.17, 15) is 0 Å². The van der Waals surface area contributed by atoms with Crippen LogP contribution in [0.15, 0.2) is 0 Å². The molecule has 3 N–H and O–H groups in total.